The van der Waals surface area contributed by atoms with Gasteiger partial charge in [-0.2, -0.15) is 5.26 Å². The molecule has 3 atom stereocenters. The molecule has 0 spiro atoms. The summed E-state index contributed by atoms with van der Waals surface area (Å²) in [6.45, 7) is 2.24. The molecule has 6 heteroatoms. The van der Waals surface area contributed by atoms with E-state index in [-0.39, 0.29) is 18.7 Å². The molecular weight excluding hydrogens is 335 g/mol. The van der Waals surface area contributed by atoms with Crippen molar-refractivity contribution in [2.45, 2.75) is 51.2 Å². The smallest absolute Gasteiger partial charge is 0.203 e. The number of aliphatic hydroxyl groups excluding tert-OH is 1. The van der Waals surface area contributed by atoms with Crippen LogP contribution in [0.15, 0.2) is 24.3 Å². The van der Waals surface area contributed by atoms with Gasteiger partial charge in [0, 0.05) is 18.7 Å². The van der Waals surface area contributed by atoms with E-state index in [2.05, 4.69) is 11.4 Å². The van der Waals surface area contributed by atoms with Gasteiger partial charge in [0.2, 0.25) is 7.37 Å². The molecule has 1 aliphatic carbocycles. The highest BCUT2D eigenvalue weighted by Crippen LogP contribution is 2.45. The minimum atomic E-state index is -3.29. The summed E-state index contributed by atoms with van der Waals surface area (Å²) in [7, 11) is -3.29. The maximum absolute atomic E-state index is 12.4. The molecule has 0 radical (unpaired) electrons. The summed E-state index contributed by atoms with van der Waals surface area (Å²) < 4.78 is 12.4. The Labute approximate surface area is 150 Å². The molecule has 0 saturated heterocycles. The van der Waals surface area contributed by atoms with Gasteiger partial charge in [-0.3, -0.25) is 4.57 Å². The van der Waals surface area contributed by atoms with Gasteiger partial charge in [-0.05, 0) is 43.4 Å². The van der Waals surface area contributed by atoms with Crippen LogP contribution in [0, 0.1) is 17.2 Å². The molecule has 25 heavy (non-hydrogen) atoms. The predicted octanol–water partition coefficient (Wildman–Crippen LogP) is 3.42. The number of hydrogen-bond acceptors (Lipinski definition) is 4. The molecule has 0 aliphatic heterocycles. The summed E-state index contributed by atoms with van der Waals surface area (Å²) in [5.74, 6) is 0.335. The van der Waals surface area contributed by atoms with Crippen LogP contribution in [-0.4, -0.2) is 35.0 Å². The van der Waals surface area contributed by atoms with Crippen molar-refractivity contribution >= 4 is 7.37 Å². The van der Waals surface area contributed by atoms with Gasteiger partial charge in [-0.1, -0.05) is 31.4 Å². The van der Waals surface area contributed by atoms with Crippen LogP contribution in [0.3, 0.4) is 0 Å². The molecule has 1 aromatic carbocycles. The minimum Gasteiger partial charge on any atom is -0.391 e. The normalized spacial score (nSPS) is 20.4. The first-order valence-corrected chi connectivity index (χ1v) is 11.1. The van der Waals surface area contributed by atoms with E-state index in [0.29, 0.717) is 17.6 Å². The van der Waals surface area contributed by atoms with Crippen LogP contribution in [0.4, 0.5) is 0 Å². The van der Waals surface area contributed by atoms with Gasteiger partial charge in [-0.25, -0.2) is 0 Å². The Hall–Kier alpha value is -1.18. The third-order valence-corrected chi connectivity index (χ3v) is 7.04. The topological polar surface area (TPSA) is 93.3 Å². The zero-order valence-electron chi connectivity index (χ0n) is 14.9. The fourth-order valence-electron chi connectivity index (χ4n) is 3.52. The molecule has 3 N–H and O–H groups in total. The van der Waals surface area contributed by atoms with E-state index in [1.54, 1.807) is 12.1 Å². The number of benzene rings is 1. The highest BCUT2D eigenvalue weighted by atomic mass is 31.2. The van der Waals surface area contributed by atoms with E-state index in [1.807, 2.05) is 19.1 Å². The van der Waals surface area contributed by atoms with Crippen molar-refractivity contribution in [3.8, 4) is 6.07 Å². The van der Waals surface area contributed by atoms with Gasteiger partial charge < -0.3 is 15.3 Å². The quantitative estimate of drug-likeness (QED) is 0.615. The molecule has 0 amide bonds. The van der Waals surface area contributed by atoms with E-state index in [1.165, 1.54) is 6.42 Å². The number of nitrogens with one attached hydrogen (secondary N) is 1. The Morgan fingerprint density at radius 3 is 2.52 bits per heavy atom. The first kappa shape index (κ1) is 20.1. The average molecular weight is 364 g/mol. The lowest BCUT2D eigenvalue weighted by Crippen LogP contribution is -2.32. The lowest BCUT2D eigenvalue weighted by atomic mass is 9.91. The molecule has 1 aromatic rings. The van der Waals surface area contributed by atoms with Crippen LogP contribution >= 0.6 is 7.37 Å². The van der Waals surface area contributed by atoms with E-state index in [0.717, 1.165) is 31.2 Å². The van der Waals surface area contributed by atoms with Crippen molar-refractivity contribution in [3.63, 3.8) is 0 Å². The largest absolute Gasteiger partial charge is 0.391 e. The van der Waals surface area contributed by atoms with E-state index < -0.39 is 13.5 Å². The summed E-state index contributed by atoms with van der Waals surface area (Å²) in [5.41, 5.74) is 1.63. The number of rotatable bonds is 8. The first-order valence-electron chi connectivity index (χ1n) is 9.12. The van der Waals surface area contributed by atoms with Crippen molar-refractivity contribution < 1.29 is 14.6 Å². The van der Waals surface area contributed by atoms with Gasteiger partial charge in [0.15, 0.2) is 0 Å². The Kier molecular flexibility index (Phi) is 7.65. The standard InChI is InChI=1S/C19H29N2O3P/c1-15(18-9-7-16(11-20)8-10-18)21-12-19(22)14-25(23,24)13-17-5-3-2-4-6-17/h7-10,15,17,19,21-22H,2-6,12-14H2,1H3,(H,23,24)/t15-,19-/m1/s1. The van der Waals surface area contributed by atoms with E-state index >= 15 is 0 Å². The monoisotopic (exact) mass is 364 g/mol. The zero-order chi connectivity index (χ0) is 18.3. The second-order valence-electron chi connectivity index (χ2n) is 7.23. The SMILES string of the molecule is C[C@@H](NC[C@@H](O)CP(=O)(O)CC1CCCCC1)c1ccc(C#N)cc1. The Morgan fingerprint density at radius 2 is 1.92 bits per heavy atom. The fraction of sp³-hybridized carbons (Fsp3) is 0.632. The molecule has 5 nitrogen and oxygen atoms in total. The maximum atomic E-state index is 12.4. The molecule has 1 saturated carbocycles. The van der Waals surface area contributed by atoms with E-state index in [4.69, 9.17) is 5.26 Å². The lowest BCUT2D eigenvalue weighted by molar-refractivity contribution is 0.186. The molecule has 1 fully saturated rings. The average Bonchev–Trinajstić information content (AvgIpc) is 2.59. The Bertz CT molecular complexity index is 621. The number of hydrogen-bond donors (Lipinski definition) is 3. The van der Waals surface area contributed by atoms with Crippen LogP contribution in [0.5, 0.6) is 0 Å². The van der Waals surface area contributed by atoms with Crippen molar-refractivity contribution in [2.75, 3.05) is 18.9 Å². The Balaban J connectivity index is 1.77. The summed E-state index contributed by atoms with van der Waals surface area (Å²) >= 11 is 0. The van der Waals surface area contributed by atoms with Crippen molar-refractivity contribution in [1.29, 1.82) is 5.26 Å². The summed E-state index contributed by atoms with van der Waals surface area (Å²) in [6, 6.07) is 9.36. The molecule has 1 aliphatic rings. The summed E-state index contributed by atoms with van der Waals surface area (Å²) in [5, 5.41) is 22.2. The number of nitrogens with zero attached hydrogens (tertiary/aromatic N) is 1. The van der Waals surface area contributed by atoms with Gasteiger partial charge in [0.05, 0.1) is 23.9 Å². The van der Waals surface area contributed by atoms with Gasteiger partial charge >= 0.3 is 0 Å². The maximum Gasteiger partial charge on any atom is 0.203 e. The molecule has 0 bridgehead atoms. The van der Waals surface area contributed by atoms with Crippen molar-refractivity contribution in [3.05, 3.63) is 35.4 Å². The van der Waals surface area contributed by atoms with Crippen LogP contribution in [0.1, 0.15) is 56.2 Å². The molecule has 1 unspecified atom stereocenters. The Morgan fingerprint density at radius 1 is 1.28 bits per heavy atom. The van der Waals surface area contributed by atoms with Crippen molar-refractivity contribution in [1.82, 2.24) is 5.32 Å². The van der Waals surface area contributed by atoms with Gasteiger partial charge in [0.1, 0.15) is 0 Å². The van der Waals surface area contributed by atoms with Gasteiger partial charge in [0.25, 0.3) is 0 Å². The lowest BCUT2D eigenvalue weighted by Gasteiger charge is -2.25. The number of nitriles is 1. The summed E-state index contributed by atoms with van der Waals surface area (Å²) in [6.07, 6.45) is 5.06. The van der Waals surface area contributed by atoms with Gasteiger partial charge in [-0.15, -0.1) is 0 Å². The van der Waals surface area contributed by atoms with Crippen LogP contribution < -0.4 is 5.32 Å². The molecular formula is C19H29N2O3P. The number of aliphatic hydroxyl groups is 1. The molecule has 0 heterocycles. The molecule has 2 rings (SSSR count). The van der Waals surface area contributed by atoms with E-state index in [9.17, 15) is 14.6 Å². The van der Waals surface area contributed by atoms with Crippen LogP contribution in [0.25, 0.3) is 0 Å². The highest BCUT2D eigenvalue weighted by Gasteiger charge is 2.28. The van der Waals surface area contributed by atoms with Crippen molar-refractivity contribution in [2.24, 2.45) is 5.92 Å². The van der Waals surface area contributed by atoms with Crippen LogP contribution in [-0.2, 0) is 4.57 Å². The third kappa shape index (κ3) is 6.92. The second-order valence-corrected chi connectivity index (χ2v) is 9.66. The molecule has 138 valence electrons. The third-order valence-electron chi connectivity index (χ3n) is 4.96. The fourth-order valence-corrected chi connectivity index (χ4v) is 5.63. The minimum absolute atomic E-state index is 0.00110. The predicted molar refractivity (Wildman–Crippen MR) is 99.7 cm³/mol. The zero-order valence-corrected chi connectivity index (χ0v) is 15.8. The molecule has 0 aromatic heterocycles. The highest BCUT2D eigenvalue weighted by molar-refractivity contribution is 7.58. The summed E-state index contributed by atoms with van der Waals surface area (Å²) in [4.78, 5) is 10.2. The van der Waals surface area contributed by atoms with Crippen LogP contribution in [0.2, 0.25) is 0 Å². The second kappa shape index (κ2) is 9.50. The first-order chi connectivity index (χ1) is 11.9.